The number of ether oxygens (including phenoxy) is 1. The normalized spacial score (nSPS) is 11.2. The summed E-state index contributed by atoms with van der Waals surface area (Å²) in [7, 11) is -0.937. The molecule has 0 spiro atoms. The molecule has 0 aliphatic rings. The molecule has 0 amide bonds. The van der Waals surface area contributed by atoms with Crippen molar-refractivity contribution in [1.29, 1.82) is 0 Å². The molecule has 0 saturated heterocycles. The molecule has 128 valence electrons. The number of hydrogen-bond donors (Lipinski definition) is 2. The van der Waals surface area contributed by atoms with E-state index in [4.69, 9.17) is 4.74 Å². The molecule has 2 aromatic carbocycles. The number of benzene rings is 2. The van der Waals surface area contributed by atoms with Crippen LogP contribution in [-0.2, 0) is 21.4 Å². The molecule has 2 rings (SSSR count). The van der Waals surface area contributed by atoms with Gasteiger partial charge in [0.2, 0.25) is 10.0 Å². The van der Waals surface area contributed by atoms with Crippen LogP contribution in [0.4, 0.5) is 17.1 Å². The number of nitro groups is 1. The quantitative estimate of drug-likeness (QED) is 0.585. The zero-order valence-corrected chi connectivity index (χ0v) is 14.0. The minimum absolute atomic E-state index is 0.171. The van der Waals surface area contributed by atoms with Crippen molar-refractivity contribution in [1.82, 2.24) is 4.72 Å². The lowest BCUT2D eigenvalue weighted by molar-refractivity contribution is -0.384. The minimum Gasteiger partial charge on any atom is -0.380 e. The Balaban J connectivity index is 2.40. The number of methoxy groups -OCH3 is 1. The summed E-state index contributed by atoms with van der Waals surface area (Å²) in [4.78, 5) is 10.5. The third-order valence-electron chi connectivity index (χ3n) is 3.26. The second-order valence-corrected chi connectivity index (χ2v) is 6.79. The Hall–Kier alpha value is -2.49. The summed E-state index contributed by atoms with van der Waals surface area (Å²) in [6.45, 7) is 0.414. The van der Waals surface area contributed by atoms with E-state index >= 15 is 0 Å². The molecule has 0 heterocycles. The number of hydrogen-bond acceptors (Lipinski definition) is 6. The van der Waals surface area contributed by atoms with Gasteiger partial charge >= 0.3 is 0 Å². The van der Waals surface area contributed by atoms with Gasteiger partial charge in [0, 0.05) is 18.9 Å². The molecule has 0 aliphatic carbocycles. The SMILES string of the molecule is CNS(=O)(=O)c1ccc(Nc2cccc(COC)c2)c([N+](=O)[O-])c1. The second-order valence-electron chi connectivity index (χ2n) is 4.90. The van der Waals surface area contributed by atoms with Crippen LogP contribution in [-0.4, -0.2) is 27.5 Å². The lowest BCUT2D eigenvalue weighted by Gasteiger charge is -2.10. The topological polar surface area (TPSA) is 111 Å². The molecule has 8 nitrogen and oxygen atoms in total. The molecule has 2 aromatic rings. The highest BCUT2D eigenvalue weighted by atomic mass is 32.2. The molecule has 9 heteroatoms. The first kappa shape index (κ1) is 17.9. The van der Waals surface area contributed by atoms with Crippen molar-refractivity contribution in [3.63, 3.8) is 0 Å². The van der Waals surface area contributed by atoms with E-state index in [1.54, 1.807) is 25.3 Å². The predicted molar refractivity (Wildman–Crippen MR) is 89.8 cm³/mol. The van der Waals surface area contributed by atoms with Gasteiger partial charge in [-0.1, -0.05) is 12.1 Å². The van der Waals surface area contributed by atoms with Gasteiger partial charge in [0.15, 0.2) is 0 Å². The van der Waals surface area contributed by atoms with E-state index in [2.05, 4.69) is 10.0 Å². The third-order valence-corrected chi connectivity index (χ3v) is 4.67. The molecular formula is C15H17N3O5S. The smallest absolute Gasteiger partial charge is 0.294 e. The summed E-state index contributed by atoms with van der Waals surface area (Å²) >= 11 is 0. The summed E-state index contributed by atoms with van der Waals surface area (Å²) in [5.74, 6) is 0. The zero-order chi connectivity index (χ0) is 17.7. The summed E-state index contributed by atoms with van der Waals surface area (Å²) in [6, 6.07) is 10.9. The van der Waals surface area contributed by atoms with Gasteiger partial charge in [0.25, 0.3) is 5.69 Å². The fourth-order valence-corrected chi connectivity index (χ4v) is 2.86. The van der Waals surface area contributed by atoms with Gasteiger partial charge in [-0.15, -0.1) is 0 Å². The Bertz CT molecular complexity index is 852. The molecule has 0 aliphatic heterocycles. The maximum Gasteiger partial charge on any atom is 0.294 e. The lowest BCUT2D eigenvalue weighted by atomic mass is 10.2. The molecule has 2 N–H and O–H groups in total. The Morgan fingerprint density at radius 1 is 1.21 bits per heavy atom. The number of anilines is 2. The fraction of sp³-hybridized carbons (Fsp3) is 0.200. The molecule has 0 bridgehead atoms. The van der Waals surface area contributed by atoms with E-state index in [9.17, 15) is 18.5 Å². The Morgan fingerprint density at radius 2 is 1.96 bits per heavy atom. The van der Waals surface area contributed by atoms with Crippen LogP contribution in [0.5, 0.6) is 0 Å². The van der Waals surface area contributed by atoms with Crippen molar-refractivity contribution in [3.05, 3.63) is 58.1 Å². The Kier molecular flexibility index (Phi) is 5.50. The zero-order valence-electron chi connectivity index (χ0n) is 13.1. The van der Waals surface area contributed by atoms with Gasteiger partial charge in [0.05, 0.1) is 16.4 Å². The largest absolute Gasteiger partial charge is 0.380 e. The Labute approximate surface area is 139 Å². The predicted octanol–water partition coefficient (Wildman–Crippen LogP) is 2.39. The molecule has 0 unspecified atom stereocenters. The number of nitrogens with one attached hydrogen (secondary N) is 2. The molecule has 0 saturated carbocycles. The van der Waals surface area contributed by atoms with E-state index in [0.29, 0.717) is 12.3 Å². The summed E-state index contributed by atoms with van der Waals surface area (Å²) < 4.78 is 30.8. The number of nitro benzene ring substituents is 1. The highest BCUT2D eigenvalue weighted by Crippen LogP contribution is 2.30. The average molecular weight is 351 g/mol. The first-order valence-corrected chi connectivity index (χ1v) is 8.42. The van der Waals surface area contributed by atoms with Crippen LogP contribution in [0.25, 0.3) is 0 Å². The van der Waals surface area contributed by atoms with Gasteiger partial charge in [0.1, 0.15) is 5.69 Å². The van der Waals surface area contributed by atoms with Crippen LogP contribution in [0.2, 0.25) is 0 Å². The van der Waals surface area contributed by atoms with E-state index < -0.39 is 14.9 Å². The number of sulfonamides is 1. The number of rotatable bonds is 7. The van der Waals surface area contributed by atoms with Crippen LogP contribution in [0.1, 0.15) is 5.56 Å². The van der Waals surface area contributed by atoms with Crippen molar-refractivity contribution in [2.75, 3.05) is 19.5 Å². The van der Waals surface area contributed by atoms with Gasteiger partial charge in [-0.05, 0) is 36.9 Å². The van der Waals surface area contributed by atoms with E-state index in [1.165, 1.54) is 19.2 Å². The summed E-state index contributed by atoms with van der Waals surface area (Å²) in [6.07, 6.45) is 0. The van der Waals surface area contributed by atoms with Gasteiger partial charge < -0.3 is 10.1 Å². The fourth-order valence-electron chi connectivity index (χ4n) is 2.11. The standard InChI is InChI=1S/C15H17N3O5S/c1-16-24(21,22)13-6-7-14(15(9-13)18(19)20)17-12-5-3-4-11(8-12)10-23-2/h3-9,16-17H,10H2,1-2H3. The molecule has 0 aromatic heterocycles. The van der Waals surface area contributed by atoms with Crippen LogP contribution in [0.3, 0.4) is 0 Å². The monoisotopic (exact) mass is 351 g/mol. The molecular weight excluding hydrogens is 334 g/mol. The van der Waals surface area contributed by atoms with E-state index in [0.717, 1.165) is 11.6 Å². The van der Waals surface area contributed by atoms with Crippen molar-refractivity contribution >= 4 is 27.1 Å². The second kappa shape index (κ2) is 7.39. The maximum atomic E-state index is 11.8. The first-order valence-electron chi connectivity index (χ1n) is 6.94. The van der Waals surface area contributed by atoms with Gasteiger partial charge in [-0.2, -0.15) is 0 Å². The highest BCUT2D eigenvalue weighted by molar-refractivity contribution is 7.89. The van der Waals surface area contributed by atoms with Crippen molar-refractivity contribution < 1.29 is 18.1 Å². The van der Waals surface area contributed by atoms with Crippen LogP contribution in [0.15, 0.2) is 47.4 Å². The highest BCUT2D eigenvalue weighted by Gasteiger charge is 2.20. The van der Waals surface area contributed by atoms with Crippen molar-refractivity contribution in [3.8, 4) is 0 Å². The molecule has 24 heavy (non-hydrogen) atoms. The maximum absolute atomic E-state index is 11.8. The summed E-state index contributed by atoms with van der Waals surface area (Å²) in [5, 5.41) is 14.2. The average Bonchev–Trinajstić information content (AvgIpc) is 2.55. The first-order chi connectivity index (χ1) is 11.4. The molecule has 0 fully saturated rings. The van der Waals surface area contributed by atoms with Gasteiger partial charge in [-0.25, -0.2) is 13.1 Å². The van der Waals surface area contributed by atoms with E-state index in [-0.39, 0.29) is 16.3 Å². The molecule has 0 atom stereocenters. The minimum atomic E-state index is -3.76. The lowest BCUT2D eigenvalue weighted by Crippen LogP contribution is -2.18. The van der Waals surface area contributed by atoms with E-state index in [1.807, 2.05) is 6.07 Å². The van der Waals surface area contributed by atoms with Gasteiger partial charge in [-0.3, -0.25) is 10.1 Å². The molecule has 0 radical (unpaired) electrons. The Morgan fingerprint density at radius 3 is 2.58 bits per heavy atom. The third kappa shape index (κ3) is 4.07. The number of nitrogens with zero attached hydrogens (tertiary/aromatic N) is 1. The van der Waals surface area contributed by atoms with Crippen LogP contribution in [0, 0.1) is 10.1 Å². The van der Waals surface area contributed by atoms with Crippen molar-refractivity contribution in [2.45, 2.75) is 11.5 Å². The van der Waals surface area contributed by atoms with Crippen molar-refractivity contribution in [2.24, 2.45) is 0 Å². The summed E-state index contributed by atoms with van der Waals surface area (Å²) in [5.41, 5.74) is 1.41. The van der Waals surface area contributed by atoms with Crippen LogP contribution >= 0.6 is 0 Å². The van der Waals surface area contributed by atoms with Crippen LogP contribution < -0.4 is 10.0 Å².